The zero-order valence-corrected chi connectivity index (χ0v) is 9.99. The maximum atomic E-state index is 13.1. The zero-order valence-electron chi connectivity index (χ0n) is 9.99. The molecule has 2 rings (SSSR count). The molecule has 4 heteroatoms. The standard InChI is InChI=1S/C14H14FN3/c15-13-5-4-10(6-12(13)8-17)9-18-14-3-1-2-11(14)7-16/h4-6,11,14,18H,1-3,9H2/t11-,14-/m0/s1. The van der Waals surface area contributed by atoms with Crippen molar-refractivity contribution >= 4 is 0 Å². The van der Waals surface area contributed by atoms with Gasteiger partial charge in [-0.05, 0) is 30.5 Å². The molecular weight excluding hydrogens is 229 g/mol. The Morgan fingerprint density at radius 3 is 2.89 bits per heavy atom. The fraction of sp³-hybridized carbons (Fsp3) is 0.429. The summed E-state index contributed by atoms with van der Waals surface area (Å²) in [6.07, 6.45) is 3.02. The average Bonchev–Trinajstić information content (AvgIpc) is 2.85. The smallest absolute Gasteiger partial charge is 0.140 e. The lowest BCUT2D eigenvalue weighted by atomic mass is 10.1. The third-order valence-corrected chi connectivity index (χ3v) is 3.40. The Hall–Kier alpha value is -1.91. The van der Waals surface area contributed by atoms with Crippen molar-refractivity contribution in [2.24, 2.45) is 5.92 Å². The van der Waals surface area contributed by atoms with Crippen molar-refractivity contribution < 1.29 is 4.39 Å². The summed E-state index contributed by atoms with van der Waals surface area (Å²) in [5.74, 6) is -0.419. The molecule has 0 aromatic heterocycles. The number of nitriles is 2. The predicted molar refractivity (Wildman–Crippen MR) is 64.7 cm³/mol. The molecule has 1 aliphatic rings. The van der Waals surface area contributed by atoms with E-state index in [-0.39, 0.29) is 17.5 Å². The van der Waals surface area contributed by atoms with Gasteiger partial charge in [-0.1, -0.05) is 12.5 Å². The summed E-state index contributed by atoms with van der Waals surface area (Å²) < 4.78 is 13.1. The van der Waals surface area contributed by atoms with Crippen molar-refractivity contribution in [3.05, 3.63) is 35.1 Å². The second kappa shape index (κ2) is 5.62. The molecule has 0 unspecified atom stereocenters. The van der Waals surface area contributed by atoms with Gasteiger partial charge in [0.05, 0.1) is 17.6 Å². The molecule has 1 aromatic carbocycles. The van der Waals surface area contributed by atoms with E-state index in [1.807, 2.05) is 6.07 Å². The van der Waals surface area contributed by atoms with Gasteiger partial charge in [0.1, 0.15) is 11.9 Å². The van der Waals surface area contributed by atoms with Gasteiger partial charge in [0, 0.05) is 12.6 Å². The molecule has 0 heterocycles. The van der Waals surface area contributed by atoms with E-state index in [1.54, 1.807) is 12.1 Å². The Labute approximate surface area is 106 Å². The highest BCUT2D eigenvalue weighted by atomic mass is 19.1. The van der Waals surface area contributed by atoms with Crippen molar-refractivity contribution in [1.29, 1.82) is 10.5 Å². The molecule has 0 bridgehead atoms. The zero-order chi connectivity index (χ0) is 13.0. The highest BCUT2D eigenvalue weighted by Gasteiger charge is 2.26. The van der Waals surface area contributed by atoms with E-state index in [2.05, 4.69) is 11.4 Å². The number of nitrogens with one attached hydrogen (secondary N) is 1. The van der Waals surface area contributed by atoms with Gasteiger partial charge in [0.2, 0.25) is 0 Å². The Morgan fingerprint density at radius 2 is 2.17 bits per heavy atom. The molecular formula is C14H14FN3. The third-order valence-electron chi connectivity index (χ3n) is 3.40. The highest BCUT2D eigenvalue weighted by molar-refractivity contribution is 5.34. The normalized spacial score (nSPS) is 22.4. The molecule has 0 radical (unpaired) electrons. The van der Waals surface area contributed by atoms with Crippen LogP contribution in [0.1, 0.15) is 30.4 Å². The van der Waals surface area contributed by atoms with E-state index >= 15 is 0 Å². The van der Waals surface area contributed by atoms with E-state index in [0.29, 0.717) is 6.54 Å². The van der Waals surface area contributed by atoms with Gasteiger partial charge in [0.15, 0.2) is 0 Å². The van der Waals surface area contributed by atoms with Crippen LogP contribution in [0.25, 0.3) is 0 Å². The quantitative estimate of drug-likeness (QED) is 0.887. The molecule has 0 spiro atoms. The lowest BCUT2D eigenvalue weighted by molar-refractivity contribution is 0.464. The summed E-state index contributed by atoms with van der Waals surface area (Å²) in [5, 5.41) is 21.0. The van der Waals surface area contributed by atoms with Gasteiger partial charge in [-0.3, -0.25) is 0 Å². The van der Waals surface area contributed by atoms with Crippen LogP contribution in [0.5, 0.6) is 0 Å². The van der Waals surface area contributed by atoms with Crippen molar-refractivity contribution in [2.75, 3.05) is 0 Å². The van der Waals surface area contributed by atoms with Crippen LogP contribution in [-0.4, -0.2) is 6.04 Å². The molecule has 1 aliphatic carbocycles. The lowest BCUT2D eigenvalue weighted by Crippen LogP contribution is -2.31. The van der Waals surface area contributed by atoms with Crippen LogP contribution < -0.4 is 5.32 Å². The number of rotatable bonds is 3. The molecule has 0 aliphatic heterocycles. The average molecular weight is 243 g/mol. The summed E-state index contributed by atoms with van der Waals surface area (Å²) >= 11 is 0. The Kier molecular flexibility index (Phi) is 3.92. The van der Waals surface area contributed by atoms with E-state index < -0.39 is 5.82 Å². The lowest BCUT2D eigenvalue weighted by Gasteiger charge is -2.15. The van der Waals surface area contributed by atoms with Gasteiger partial charge in [0.25, 0.3) is 0 Å². The first-order valence-corrected chi connectivity index (χ1v) is 6.06. The van der Waals surface area contributed by atoms with Crippen LogP contribution in [0.15, 0.2) is 18.2 Å². The summed E-state index contributed by atoms with van der Waals surface area (Å²) in [5.41, 5.74) is 0.939. The first kappa shape index (κ1) is 12.5. The van der Waals surface area contributed by atoms with Crippen LogP contribution in [0.4, 0.5) is 4.39 Å². The molecule has 1 fully saturated rings. The minimum absolute atomic E-state index is 0.0672. The number of halogens is 1. The monoisotopic (exact) mass is 243 g/mol. The molecule has 0 amide bonds. The number of hydrogen-bond acceptors (Lipinski definition) is 3. The highest BCUT2D eigenvalue weighted by Crippen LogP contribution is 2.25. The predicted octanol–water partition coefficient (Wildman–Crippen LogP) is 2.48. The largest absolute Gasteiger partial charge is 0.309 e. The van der Waals surface area contributed by atoms with Gasteiger partial charge in [-0.25, -0.2) is 4.39 Å². The first-order valence-electron chi connectivity index (χ1n) is 6.06. The van der Waals surface area contributed by atoms with Crippen LogP contribution in [0.3, 0.4) is 0 Å². The van der Waals surface area contributed by atoms with Crippen molar-refractivity contribution in [2.45, 2.75) is 31.8 Å². The van der Waals surface area contributed by atoms with Gasteiger partial charge < -0.3 is 5.32 Å². The Bertz CT molecular complexity index is 513. The van der Waals surface area contributed by atoms with E-state index in [4.69, 9.17) is 10.5 Å². The number of hydrogen-bond donors (Lipinski definition) is 1. The maximum Gasteiger partial charge on any atom is 0.140 e. The molecule has 1 saturated carbocycles. The fourth-order valence-corrected chi connectivity index (χ4v) is 2.38. The SMILES string of the molecule is N#Cc1cc(CN[C@H]2CCC[C@H]2C#N)ccc1F. The van der Waals surface area contributed by atoms with Gasteiger partial charge in [-0.2, -0.15) is 10.5 Å². The summed E-state index contributed by atoms with van der Waals surface area (Å²) in [6.45, 7) is 0.567. The Morgan fingerprint density at radius 1 is 1.33 bits per heavy atom. The van der Waals surface area contributed by atoms with Crippen molar-refractivity contribution in [1.82, 2.24) is 5.32 Å². The summed E-state index contributed by atoms with van der Waals surface area (Å²) in [4.78, 5) is 0. The Balaban J connectivity index is 1.99. The van der Waals surface area contributed by atoms with Crippen LogP contribution in [-0.2, 0) is 6.54 Å². The molecule has 1 N–H and O–H groups in total. The van der Waals surface area contributed by atoms with Gasteiger partial charge >= 0.3 is 0 Å². The molecule has 18 heavy (non-hydrogen) atoms. The maximum absolute atomic E-state index is 13.1. The second-order valence-corrected chi connectivity index (χ2v) is 4.58. The van der Waals surface area contributed by atoms with E-state index in [9.17, 15) is 4.39 Å². The minimum Gasteiger partial charge on any atom is -0.309 e. The fourth-order valence-electron chi connectivity index (χ4n) is 2.38. The van der Waals surface area contributed by atoms with Crippen LogP contribution >= 0.6 is 0 Å². The molecule has 3 nitrogen and oxygen atoms in total. The summed E-state index contributed by atoms with van der Waals surface area (Å²) in [6, 6.07) is 8.88. The topological polar surface area (TPSA) is 59.6 Å². The van der Waals surface area contributed by atoms with Crippen LogP contribution in [0.2, 0.25) is 0 Å². The molecule has 0 saturated heterocycles. The molecule has 1 aromatic rings. The molecule has 92 valence electrons. The molecule has 2 atom stereocenters. The minimum atomic E-state index is -0.489. The van der Waals surface area contributed by atoms with Crippen molar-refractivity contribution in [3.8, 4) is 12.1 Å². The van der Waals surface area contributed by atoms with Gasteiger partial charge in [-0.15, -0.1) is 0 Å². The number of benzene rings is 1. The van der Waals surface area contributed by atoms with E-state index in [0.717, 1.165) is 24.8 Å². The summed E-state index contributed by atoms with van der Waals surface area (Å²) in [7, 11) is 0. The van der Waals surface area contributed by atoms with E-state index in [1.165, 1.54) is 6.07 Å². The second-order valence-electron chi connectivity index (χ2n) is 4.58. The third kappa shape index (κ3) is 2.67. The van der Waals surface area contributed by atoms with Crippen molar-refractivity contribution in [3.63, 3.8) is 0 Å². The van der Waals surface area contributed by atoms with Crippen LogP contribution in [0, 0.1) is 34.4 Å². The first-order chi connectivity index (χ1) is 8.74. The number of nitrogens with zero attached hydrogens (tertiary/aromatic N) is 2.